The van der Waals surface area contributed by atoms with Gasteiger partial charge in [-0.05, 0) is 63.6 Å². The summed E-state index contributed by atoms with van der Waals surface area (Å²) in [6.07, 6.45) is 4.82. The maximum absolute atomic E-state index is 13.3. The van der Waals surface area contributed by atoms with Crippen LogP contribution < -0.4 is 5.84 Å². The zero-order valence-corrected chi connectivity index (χ0v) is 17.9. The number of benzene rings is 1. The first kappa shape index (κ1) is 18.8. The van der Waals surface area contributed by atoms with Crippen LogP contribution in [0.4, 0.5) is 0 Å². The van der Waals surface area contributed by atoms with Gasteiger partial charge in [0, 0.05) is 35.5 Å². The number of hydrogen-bond acceptors (Lipinski definition) is 4. The van der Waals surface area contributed by atoms with Crippen molar-refractivity contribution in [2.75, 3.05) is 5.84 Å². The lowest BCUT2D eigenvalue weighted by molar-refractivity contribution is 0.0911. The molecule has 0 aliphatic heterocycles. The molecular formula is C25H23N3OS. The van der Waals surface area contributed by atoms with Gasteiger partial charge in [0.25, 0.3) is 0 Å². The summed E-state index contributed by atoms with van der Waals surface area (Å²) < 4.78 is 1.73. The molecule has 5 heteroatoms. The number of ketones is 1. The molecule has 150 valence electrons. The van der Waals surface area contributed by atoms with Crippen molar-refractivity contribution in [3.8, 4) is 33.5 Å². The van der Waals surface area contributed by atoms with Gasteiger partial charge < -0.3 is 5.84 Å². The zero-order valence-electron chi connectivity index (χ0n) is 17.1. The van der Waals surface area contributed by atoms with Gasteiger partial charge in [0.15, 0.2) is 5.78 Å². The van der Waals surface area contributed by atoms with Crippen LogP contribution in [0.2, 0.25) is 0 Å². The summed E-state index contributed by atoms with van der Waals surface area (Å²) in [6.45, 7) is 4.26. The minimum absolute atomic E-state index is 0.106. The molecule has 1 aliphatic carbocycles. The average molecular weight is 414 g/mol. The predicted molar refractivity (Wildman–Crippen MR) is 123 cm³/mol. The molecule has 4 nitrogen and oxygen atoms in total. The number of Topliss-reactive ketones (excluding diaryl/α,β-unsaturated/α-hetero) is 1. The van der Waals surface area contributed by atoms with Gasteiger partial charge in [0.2, 0.25) is 0 Å². The lowest BCUT2D eigenvalue weighted by atomic mass is 9.75. The topological polar surface area (TPSA) is 60.9 Å². The third-order valence-corrected chi connectivity index (χ3v) is 6.51. The molecule has 30 heavy (non-hydrogen) atoms. The summed E-state index contributed by atoms with van der Waals surface area (Å²) in [4.78, 5) is 17.5. The van der Waals surface area contributed by atoms with Gasteiger partial charge in [0.1, 0.15) is 0 Å². The standard InChI is InChI=1S/C25H23N3OS/c1-25(2)13-20-23(21(29)14-25)22(24(28(20)26)16-6-9-27-10-7-16)18-5-3-4-17(12-18)19-8-11-30-15-19/h3-12,15H,13-14,26H2,1-2H3. The Morgan fingerprint density at radius 2 is 1.73 bits per heavy atom. The summed E-state index contributed by atoms with van der Waals surface area (Å²) in [5.74, 6) is 6.82. The molecular weight excluding hydrogens is 390 g/mol. The Bertz CT molecular complexity index is 1240. The number of aromatic nitrogens is 2. The van der Waals surface area contributed by atoms with Crippen LogP contribution in [-0.4, -0.2) is 15.4 Å². The first-order chi connectivity index (χ1) is 14.4. The van der Waals surface area contributed by atoms with Gasteiger partial charge in [-0.15, -0.1) is 0 Å². The minimum atomic E-state index is -0.106. The maximum Gasteiger partial charge on any atom is 0.165 e. The van der Waals surface area contributed by atoms with Crippen molar-refractivity contribution in [2.45, 2.75) is 26.7 Å². The summed E-state index contributed by atoms with van der Waals surface area (Å²) in [7, 11) is 0. The number of carbonyl (C=O) groups is 1. The Morgan fingerprint density at radius 3 is 2.47 bits per heavy atom. The second-order valence-electron chi connectivity index (χ2n) is 8.68. The monoisotopic (exact) mass is 413 g/mol. The molecule has 3 aromatic heterocycles. The third-order valence-electron chi connectivity index (χ3n) is 5.83. The van der Waals surface area contributed by atoms with E-state index in [1.54, 1.807) is 28.4 Å². The van der Waals surface area contributed by atoms with Gasteiger partial charge in [-0.25, -0.2) is 0 Å². The van der Waals surface area contributed by atoms with Crippen LogP contribution in [-0.2, 0) is 6.42 Å². The number of carbonyl (C=O) groups excluding carboxylic acids is 1. The maximum atomic E-state index is 13.3. The zero-order chi connectivity index (χ0) is 20.9. The summed E-state index contributed by atoms with van der Waals surface area (Å²) >= 11 is 1.68. The number of nitrogen functional groups attached to an aromatic ring is 1. The molecule has 4 aromatic rings. The van der Waals surface area contributed by atoms with Gasteiger partial charge in [-0.2, -0.15) is 11.3 Å². The number of hydrogen-bond donors (Lipinski definition) is 1. The molecule has 1 aromatic carbocycles. The van der Waals surface area contributed by atoms with Crippen molar-refractivity contribution in [1.29, 1.82) is 0 Å². The largest absolute Gasteiger partial charge is 0.339 e. The number of rotatable bonds is 3. The first-order valence-corrected chi connectivity index (χ1v) is 11.0. The molecule has 0 saturated heterocycles. The Balaban J connectivity index is 1.80. The van der Waals surface area contributed by atoms with Crippen molar-refractivity contribution in [2.24, 2.45) is 5.41 Å². The second-order valence-corrected chi connectivity index (χ2v) is 9.46. The van der Waals surface area contributed by atoms with Crippen LogP contribution >= 0.6 is 11.3 Å². The van der Waals surface area contributed by atoms with E-state index in [4.69, 9.17) is 5.84 Å². The van der Waals surface area contributed by atoms with Crippen LogP contribution in [0.15, 0.2) is 65.6 Å². The molecule has 0 amide bonds. The van der Waals surface area contributed by atoms with Crippen molar-refractivity contribution < 1.29 is 4.79 Å². The van der Waals surface area contributed by atoms with E-state index in [0.717, 1.165) is 45.6 Å². The first-order valence-electron chi connectivity index (χ1n) is 10.0. The molecule has 0 saturated carbocycles. The van der Waals surface area contributed by atoms with Crippen LogP contribution in [0, 0.1) is 5.41 Å². The number of nitrogens with zero attached hydrogens (tertiary/aromatic N) is 2. The van der Waals surface area contributed by atoms with E-state index in [1.807, 2.05) is 12.1 Å². The van der Waals surface area contributed by atoms with E-state index in [1.165, 1.54) is 5.56 Å². The fourth-order valence-electron chi connectivity index (χ4n) is 4.51. The lowest BCUT2D eigenvalue weighted by Gasteiger charge is -2.29. The Labute approximate surface area is 180 Å². The van der Waals surface area contributed by atoms with Crippen LogP contribution in [0.25, 0.3) is 33.5 Å². The highest BCUT2D eigenvalue weighted by molar-refractivity contribution is 7.08. The van der Waals surface area contributed by atoms with E-state index < -0.39 is 0 Å². The molecule has 0 radical (unpaired) electrons. The van der Waals surface area contributed by atoms with E-state index >= 15 is 0 Å². The van der Waals surface area contributed by atoms with E-state index in [0.29, 0.717) is 6.42 Å². The van der Waals surface area contributed by atoms with Gasteiger partial charge in [-0.3, -0.25) is 14.5 Å². The highest BCUT2D eigenvalue weighted by atomic mass is 32.1. The van der Waals surface area contributed by atoms with E-state index in [-0.39, 0.29) is 11.2 Å². The fraction of sp³-hybridized carbons (Fsp3) is 0.200. The van der Waals surface area contributed by atoms with Crippen LogP contribution in [0.5, 0.6) is 0 Å². The quantitative estimate of drug-likeness (QED) is 0.431. The molecule has 3 heterocycles. The smallest absolute Gasteiger partial charge is 0.165 e. The normalized spacial score (nSPS) is 15.2. The third kappa shape index (κ3) is 3.06. The molecule has 1 aliphatic rings. The van der Waals surface area contributed by atoms with Crippen LogP contribution in [0.1, 0.15) is 36.3 Å². The summed E-state index contributed by atoms with van der Waals surface area (Å²) in [6, 6.07) is 14.4. The predicted octanol–water partition coefficient (Wildman–Crippen LogP) is 5.81. The van der Waals surface area contributed by atoms with Gasteiger partial charge in [-0.1, -0.05) is 32.0 Å². The number of pyridine rings is 1. The SMILES string of the molecule is CC1(C)CC(=O)c2c(-c3cccc(-c4ccsc4)c3)c(-c3ccncc3)n(N)c2C1. The molecule has 2 N–H and O–H groups in total. The van der Waals surface area contributed by atoms with Gasteiger partial charge in [0.05, 0.1) is 11.4 Å². The Morgan fingerprint density at radius 1 is 0.967 bits per heavy atom. The summed E-state index contributed by atoms with van der Waals surface area (Å²) in [5, 5.41) is 4.22. The van der Waals surface area contributed by atoms with E-state index in [9.17, 15) is 4.79 Å². The van der Waals surface area contributed by atoms with Crippen molar-refractivity contribution in [3.63, 3.8) is 0 Å². The fourth-order valence-corrected chi connectivity index (χ4v) is 5.17. The van der Waals surface area contributed by atoms with Crippen molar-refractivity contribution in [1.82, 2.24) is 9.66 Å². The molecule has 0 bridgehead atoms. The van der Waals surface area contributed by atoms with Gasteiger partial charge >= 0.3 is 0 Å². The van der Waals surface area contributed by atoms with E-state index in [2.05, 4.69) is 59.9 Å². The molecule has 0 atom stereocenters. The van der Waals surface area contributed by atoms with Crippen molar-refractivity contribution >= 4 is 17.1 Å². The molecule has 5 rings (SSSR count). The number of fused-ring (bicyclic) bond motifs is 1. The Hall–Kier alpha value is -3.18. The second kappa shape index (κ2) is 6.96. The molecule has 0 fully saturated rings. The Kier molecular flexibility index (Phi) is 4.36. The number of thiophene rings is 1. The lowest BCUT2D eigenvalue weighted by Crippen LogP contribution is -2.29. The number of nitrogens with two attached hydrogens (primary N) is 1. The average Bonchev–Trinajstić information content (AvgIpc) is 3.35. The van der Waals surface area contributed by atoms with Crippen LogP contribution in [0.3, 0.4) is 0 Å². The minimum Gasteiger partial charge on any atom is -0.339 e. The molecule has 0 spiro atoms. The van der Waals surface area contributed by atoms with Crippen molar-refractivity contribution in [3.05, 3.63) is 76.9 Å². The highest BCUT2D eigenvalue weighted by Gasteiger charge is 2.37. The molecule has 0 unspecified atom stereocenters. The summed E-state index contributed by atoms with van der Waals surface area (Å²) in [5.41, 5.74) is 7.67. The highest BCUT2D eigenvalue weighted by Crippen LogP contribution is 2.45.